The van der Waals surface area contributed by atoms with Gasteiger partial charge in [0.05, 0.1) is 12.1 Å². The van der Waals surface area contributed by atoms with Crippen molar-refractivity contribution in [2.24, 2.45) is 5.73 Å². The standard InChI is InChI=1S/C25H24FN3O/c1-3-7-17-8-5-6-9-21(17)22(4-2)29-23-16-19(14-15-28-23)24(27)25(30)18-10-12-20(26)13-11-18/h3-6,8-16,22,24H,1-2,7,27H2,(H,28,29). The molecule has 0 fully saturated rings. The van der Waals surface area contributed by atoms with E-state index in [1.807, 2.05) is 24.3 Å². The van der Waals surface area contributed by atoms with E-state index in [0.717, 1.165) is 17.5 Å². The molecule has 0 saturated heterocycles. The largest absolute Gasteiger partial charge is 0.360 e. The molecule has 3 aromatic rings. The van der Waals surface area contributed by atoms with Crippen LogP contribution < -0.4 is 11.1 Å². The van der Waals surface area contributed by atoms with Crippen LogP contribution in [0.15, 0.2) is 92.2 Å². The van der Waals surface area contributed by atoms with Gasteiger partial charge in [0.25, 0.3) is 0 Å². The second-order valence-electron chi connectivity index (χ2n) is 6.87. The number of allylic oxidation sites excluding steroid dienone is 1. The average Bonchev–Trinajstić information content (AvgIpc) is 2.78. The zero-order valence-corrected chi connectivity index (χ0v) is 16.6. The first kappa shape index (κ1) is 21.1. The second kappa shape index (κ2) is 9.76. The van der Waals surface area contributed by atoms with Gasteiger partial charge in [0.2, 0.25) is 0 Å². The summed E-state index contributed by atoms with van der Waals surface area (Å²) in [6.45, 7) is 7.76. The number of rotatable bonds is 9. The van der Waals surface area contributed by atoms with Crippen molar-refractivity contribution in [1.29, 1.82) is 0 Å². The van der Waals surface area contributed by atoms with Crippen molar-refractivity contribution >= 4 is 11.6 Å². The molecule has 2 aromatic carbocycles. The highest BCUT2D eigenvalue weighted by Crippen LogP contribution is 2.25. The van der Waals surface area contributed by atoms with E-state index >= 15 is 0 Å². The summed E-state index contributed by atoms with van der Waals surface area (Å²) in [6, 6.07) is 15.8. The minimum Gasteiger partial charge on any atom is -0.360 e. The predicted molar refractivity (Wildman–Crippen MR) is 119 cm³/mol. The Kier molecular flexibility index (Phi) is 6.88. The van der Waals surface area contributed by atoms with E-state index < -0.39 is 11.9 Å². The zero-order valence-electron chi connectivity index (χ0n) is 16.6. The minimum absolute atomic E-state index is 0.173. The summed E-state index contributed by atoms with van der Waals surface area (Å²) in [5.41, 5.74) is 9.38. The van der Waals surface area contributed by atoms with Gasteiger partial charge in [-0.3, -0.25) is 4.79 Å². The van der Waals surface area contributed by atoms with E-state index in [-0.39, 0.29) is 11.8 Å². The van der Waals surface area contributed by atoms with Gasteiger partial charge < -0.3 is 11.1 Å². The van der Waals surface area contributed by atoms with Gasteiger partial charge in [-0.25, -0.2) is 9.37 Å². The topological polar surface area (TPSA) is 68.0 Å². The summed E-state index contributed by atoms with van der Waals surface area (Å²) in [4.78, 5) is 17.0. The lowest BCUT2D eigenvalue weighted by molar-refractivity contribution is 0.0961. The van der Waals surface area contributed by atoms with Gasteiger partial charge in [-0.15, -0.1) is 13.2 Å². The van der Waals surface area contributed by atoms with Gasteiger partial charge in [0.15, 0.2) is 5.78 Å². The van der Waals surface area contributed by atoms with E-state index in [1.54, 1.807) is 24.4 Å². The molecular formula is C25H24FN3O. The number of aromatic nitrogens is 1. The number of anilines is 1. The molecule has 1 aromatic heterocycles. The van der Waals surface area contributed by atoms with Crippen LogP contribution in [0.1, 0.15) is 39.1 Å². The molecule has 152 valence electrons. The van der Waals surface area contributed by atoms with Gasteiger partial charge in [0, 0.05) is 11.8 Å². The molecule has 1 heterocycles. The molecule has 0 aliphatic heterocycles. The third kappa shape index (κ3) is 4.88. The molecule has 0 spiro atoms. The van der Waals surface area contributed by atoms with Crippen molar-refractivity contribution in [2.45, 2.75) is 18.5 Å². The van der Waals surface area contributed by atoms with Crippen LogP contribution in [0.5, 0.6) is 0 Å². The lowest BCUT2D eigenvalue weighted by Crippen LogP contribution is -2.22. The van der Waals surface area contributed by atoms with Crippen molar-refractivity contribution in [3.8, 4) is 0 Å². The third-order valence-electron chi connectivity index (χ3n) is 4.85. The van der Waals surface area contributed by atoms with E-state index in [9.17, 15) is 9.18 Å². The van der Waals surface area contributed by atoms with Crippen LogP contribution in [0.3, 0.4) is 0 Å². The van der Waals surface area contributed by atoms with Crippen LogP contribution in [-0.2, 0) is 6.42 Å². The lowest BCUT2D eigenvalue weighted by Gasteiger charge is -2.20. The van der Waals surface area contributed by atoms with E-state index in [0.29, 0.717) is 16.9 Å². The second-order valence-corrected chi connectivity index (χ2v) is 6.87. The van der Waals surface area contributed by atoms with Crippen molar-refractivity contribution in [3.63, 3.8) is 0 Å². The van der Waals surface area contributed by atoms with Gasteiger partial charge in [0.1, 0.15) is 11.6 Å². The summed E-state index contributed by atoms with van der Waals surface area (Å²) in [7, 11) is 0. The Morgan fingerprint density at radius 2 is 1.87 bits per heavy atom. The fraction of sp³-hybridized carbons (Fsp3) is 0.120. The Morgan fingerprint density at radius 3 is 2.57 bits per heavy atom. The fourth-order valence-corrected chi connectivity index (χ4v) is 3.27. The van der Waals surface area contributed by atoms with E-state index in [1.165, 1.54) is 24.3 Å². The van der Waals surface area contributed by atoms with Crippen molar-refractivity contribution in [2.75, 3.05) is 5.32 Å². The van der Waals surface area contributed by atoms with E-state index in [2.05, 4.69) is 29.5 Å². The van der Waals surface area contributed by atoms with Gasteiger partial charge in [-0.05, 0) is 59.5 Å². The Balaban J connectivity index is 1.82. The molecule has 4 nitrogen and oxygen atoms in total. The van der Waals surface area contributed by atoms with Gasteiger partial charge in [-0.1, -0.05) is 36.4 Å². The molecule has 30 heavy (non-hydrogen) atoms. The number of nitrogens with zero attached hydrogens (tertiary/aromatic N) is 1. The fourth-order valence-electron chi connectivity index (χ4n) is 3.27. The molecule has 3 N–H and O–H groups in total. The number of hydrogen-bond acceptors (Lipinski definition) is 4. The molecule has 5 heteroatoms. The number of Topliss-reactive ketones (excluding diaryl/α,β-unsaturated/α-hetero) is 1. The SMILES string of the molecule is C=CCc1ccccc1C(C=C)Nc1cc(C(N)C(=O)c2ccc(F)cc2)ccn1. The molecule has 0 saturated carbocycles. The number of carbonyl (C=O) groups excluding carboxylic acids is 1. The number of hydrogen-bond donors (Lipinski definition) is 2. The number of carbonyl (C=O) groups is 1. The number of halogens is 1. The summed E-state index contributed by atoms with van der Waals surface area (Å²) in [5.74, 6) is -0.111. The number of nitrogens with two attached hydrogens (primary N) is 1. The maximum atomic E-state index is 13.1. The van der Waals surface area contributed by atoms with Crippen molar-refractivity contribution in [1.82, 2.24) is 4.98 Å². The molecule has 3 rings (SSSR count). The maximum Gasteiger partial charge on any atom is 0.184 e. The third-order valence-corrected chi connectivity index (χ3v) is 4.85. The van der Waals surface area contributed by atoms with Crippen molar-refractivity contribution in [3.05, 3.63) is 120 Å². The number of benzene rings is 2. The number of nitrogens with one attached hydrogen (secondary N) is 1. The minimum atomic E-state index is -0.880. The Bertz CT molecular complexity index is 1050. The van der Waals surface area contributed by atoms with Crippen molar-refractivity contribution < 1.29 is 9.18 Å². The summed E-state index contributed by atoms with van der Waals surface area (Å²) >= 11 is 0. The summed E-state index contributed by atoms with van der Waals surface area (Å²) in [5, 5.41) is 3.35. The monoisotopic (exact) mass is 401 g/mol. The molecule has 2 atom stereocenters. The normalized spacial score (nSPS) is 12.6. The first-order valence-corrected chi connectivity index (χ1v) is 9.62. The molecular weight excluding hydrogens is 377 g/mol. The van der Waals surface area contributed by atoms with Crippen LogP contribution in [0, 0.1) is 5.82 Å². The first-order chi connectivity index (χ1) is 14.5. The Hall–Kier alpha value is -3.57. The smallest absolute Gasteiger partial charge is 0.184 e. The molecule has 0 aliphatic carbocycles. The Morgan fingerprint density at radius 1 is 1.13 bits per heavy atom. The van der Waals surface area contributed by atoms with Gasteiger partial charge in [-0.2, -0.15) is 0 Å². The number of pyridine rings is 1. The maximum absolute atomic E-state index is 13.1. The Labute approximate surface area is 176 Å². The highest BCUT2D eigenvalue weighted by atomic mass is 19.1. The average molecular weight is 401 g/mol. The molecule has 2 unspecified atom stereocenters. The molecule has 0 bridgehead atoms. The first-order valence-electron chi connectivity index (χ1n) is 9.62. The van der Waals surface area contributed by atoms with Crippen LogP contribution in [0.25, 0.3) is 0 Å². The highest BCUT2D eigenvalue weighted by Gasteiger charge is 2.19. The zero-order chi connectivity index (χ0) is 21.5. The molecule has 0 radical (unpaired) electrons. The summed E-state index contributed by atoms with van der Waals surface area (Å²) in [6.07, 6.45) is 6.01. The van der Waals surface area contributed by atoms with Crippen LogP contribution >= 0.6 is 0 Å². The molecule has 0 amide bonds. The lowest BCUT2D eigenvalue weighted by atomic mass is 9.97. The summed E-state index contributed by atoms with van der Waals surface area (Å²) < 4.78 is 13.1. The van der Waals surface area contributed by atoms with Crippen LogP contribution in [-0.4, -0.2) is 10.8 Å². The number of ketones is 1. The predicted octanol–water partition coefficient (Wildman–Crippen LogP) is 5.17. The van der Waals surface area contributed by atoms with E-state index in [4.69, 9.17) is 5.73 Å². The molecule has 0 aliphatic rings. The highest BCUT2D eigenvalue weighted by molar-refractivity contribution is 6.00. The van der Waals surface area contributed by atoms with Gasteiger partial charge >= 0.3 is 0 Å². The van der Waals surface area contributed by atoms with Crippen LogP contribution in [0.4, 0.5) is 10.2 Å². The quantitative estimate of drug-likeness (QED) is 0.383. The van der Waals surface area contributed by atoms with Crippen LogP contribution in [0.2, 0.25) is 0 Å².